The van der Waals surface area contributed by atoms with Crippen molar-refractivity contribution in [1.82, 2.24) is 15.1 Å². The molecule has 3 fully saturated rings. The molecule has 1 saturated carbocycles. The fourth-order valence-electron chi connectivity index (χ4n) is 6.83. The Kier molecular flexibility index (Phi) is 9.69. The Morgan fingerprint density at radius 1 is 1.05 bits per heavy atom. The van der Waals surface area contributed by atoms with Gasteiger partial charge in [-0.2, -0.15) is 0 Å². The van der Waals surface area contributed by atoms with E-state index in [2.05, 4.69) is 60.2 Å². The molecular formula is C34H45N3O2S. The van der Waals surface area contributed by atoms with Gasteiger partial charge in [0.05, 0.1) is 4.91 Å². The topological polar surface area (TPSA) is 52.7 Å². The van der Waals surface area contributed by atoms with Crippen molar-refractivity contribution in [1.29, 1.82) is 0 Å². The third-order valence-electron chi connectivity index (χ3n) is 8.61. The molecular weight excluding hydrogens is 514 g/mol. The number of carbonyl (C=O) groups is 2. The summed E-state index contributed by atoms with van der Waals surface area (Å²) in [7, 11) is 0. The van der Waals surface area contributed by atoms with Gasteiger partial charge >= 0.3 is 0 Å². The standard InChI is InChI=1S/C34H45N3O2S/c1-24-8-6-9-28(19-24)23-37-30-10-4-5-11-31(30)40-32(34(37)39)20-27-12-14-29(15-13-27)33(38)35-16-7-17-36-21-25(2)18-26(3)22-36/h6,8-9,12-15,19-20,25-26,30-31H,4-5,7,10-11,16-18,21-23H2,1-3H3,(H,35,38)/b32-20+. The van der Waals surface area contributed by atoms with E-state index < -0.39 is 0 Å². The highest BCUT2D eigenvalue weighted by molar-refractivity contribution is 8.04. The van der Waals surface area contributed by atoms with Crippen LogP contribution in [0.2, 0.25) is 0 Å². The largest absolute Gasteiger partial charge is 0.352 e. The highest BCUT2D eigenvalue weighted by Gasteiger charge is 2.40. The summed E-state index contributed by atoms with van der Waals surface area (Å²) >= 11 is 1.76. The first-order valence-electron chi connectivity index (χ1n) is 15.2. The SMILES string of the molecule is Cc1cccc(CN2C(=O)/C(=C\c3ccc(C(=O)NCCCN4CC(C)CC(C)C4)cc3)SC3CCCCC32)c1. The fraction of sp³-hybridized carbons (Fsp3) is 0.529. The predicted octanol–water partition coefficient (Wildman–Crippen LogP) is 6.52. The van der Waals surface area contributed by atoms with E-state index in [1.807, 2.05) is 30.3 Å². The molecule has 0 radical (unpaired) electrons. The maximum absolute atomic E-state index is 13.7. The number of likely N-dealkylation sites (tertiary alicyclic amines) is 1. The molecule has 4 unspecified atom stereocenters. The van der Waals surface area contributed by atoms with Gasteiger partial charge < -0.3 is 15.1 Å². The molecule has 1 aliphatic carbocycles. The zero-order valence-corrected chi connectivity index (χ0v) is 25.2. The normalized spacial score (nSPS) is 26.5. The monoisotopic (exact) mass is 559 g/mol. The molecule has 5 rings (SSSR count). The molecule has 0 spiro atoms. The van der Waals surface area contributed by atoms with Crippen molar-refractivity contribution in [3.63, 3.8) is 0 Å². The van der Waals surface area contributed by atoms with Crippen molar-refractivity contribution in [2.75, 3.05) is 26.2 Å². The summed E-state index contributed by atoms with van der Waals surface area (Å²) in [6, 6.07) is 16.5. The summed E-state index contributed by atoms with van der Waals surface area (Å²) in [6.07, 6.45) is 8.97. The summed E-state index contributed by atoms with van der Waals surface area (Å²) in [5.74, 6) is 1.62. The zero-order chi connectivity index (χ0) is 28.1. The second-order valence-electron chi connectivity index (χ2n) is 12.4. The number of thioether (sulfide) groups is 1. The Balaban J connectivity index is 1.19. The lowest BCUT2D eigenvalue weighted by Gasteiger charge is -2.44. The predicted molar refractivity (Wildman–Crippen MR) is 166 cm³/mol. The molecule has 1 N–H and O–H groups in total. The molecule has 40 heavy (non-hydrogen) atoms. The van der Waals surface area contributed by atoms with Crippen molar-refractivity contribution in [2.24, 2.45) is 11.8 Å². The van der Waals surface area contributed by atoms with Crippen molar-refractivity contribution >= 4 is 29.7 Å². The molecule has 6 heteroatoms. The van der Waals surface area contributed by atoms with Gasteiger partial charge in [-0.25, -0.2) is 0 Å². The third-order valence-corrected chi connectivity index (χ3v) is 10.0. The second kappa shape index (κ2) is 13.4. The Morgan fingerprint density at radius 3 is 2.55 bits per heavy atom. The van der Waals surface area contributed by atoms with E-state index in [-0.39, 0.29) is 11.8 Å². The number of carbonyl (C=O) groups excluding carboxylic acids is 2. The number of amides is 2. The third kappa shape index (κ3) is 7.38. The first-order valence-corrected chi connectivity index (χ1v) is 16.1. The van der Waals surface area contributed by atoms with Crippen molar-refractivity contribution in [2.45, 2.75) is 77.1 Å². The van der Waals surface area contributed by atoms with Crippen LogP contribution in [-0.2, 0) is 11.3 Å². The summed E-state index contributed by atoms with van der Waals surface area (Å²) in [6.45, 7) is 11.5. The number of nitrogens with one attached hydrogen (secondary N) is 1. The number of hydrogen-bond acceptors (Lipinski definition) is 4. The number of piperidine rings is 1. The number of aryl methyl sites for hydroxylation is 1. The summed E-state index contributed by atoms with van der Waals surface area (Å²) in [5, 5.41) is 3.54. The van der Waals surface area contributed by atoms with E-state index in [4.69, 9.17) is 0 Å². The quantitative estimate of drug-likeness (QED) is 0.296. The van der Waals surface area contributed by atoms with Gasteiger partial charge in [0.15, 0.2) is 0 Å². The van der Waals surface area contributed by atoms with Crippen LogP contribution in [0.3, 0.4) is 0 Å². The number of rotatable bonds is 8. The van der Waals surface area contributed by atoms with Gasteiger partial charge in [0.1, 0.15) is 0 Å². The van der Waals surface area contributed by atoms with Crippen LogP contribution in [0, 0.1) is 18.8 Å². The van der Waals surface area contributed by atoms with Gasteiger partial charge in [-0.15, -0.1) is 11.8 Å². The highest BCUT2D eigenvalue weighted by atomic mass is 32.2. The lowest BCUT2D eigenvalue weighted by molar-refractivity contribution is -0.130. The molecule has 5 nitrogen and oxygen atoms in total. The van der Waals surface area contributed by atoms with Gasteiger partial charge in [0, 0.05) is 43.0 Å². The van der Waals surface area contributed by atoms with Crippen LogP contribution in [0.1, 0.15) is 79.4 Å². The summed E-state index contributed by atoms with van der Waals surface area (Å²) in [4.78, 5) is 31.9. The maximum Gasteiger partial charge on any atom is 0.260 e. The minimum Gasteiger partial charge on any atom is -0.352 e. The lowest BCUT2D eigenvalue weighted by atomic mass is 9.92. The van der Waals surface area contributed by atoms with E-state index in [1.165, 1.54) is 43.5 Å². The van der Waals surface area contributed by atoms with E-state index >= 15 is 0 Å². The first-order chi connectivity index (χ1) is 19.4. The van der Waals surface area contributed by atoms with Crippen LogP contribution in [0.4, 0.5) is 0 Å². The highest BCUT2D eigenvalue weighted by Crippen LogP contribution is 2.42. The van der Waals surface area contributed by atoms with E-state index in [0.29, 0.717) is 29.9 Å². The number of hydrogen-bond donors (Lipinski definition) is 1. The number of fused-ring (bicyclic) bond motifs is 1. The molecule has 3 aliphatic rings. The lowest BCUT2D eigenvalue weighted by Crippen LogP contribution is -2.50. The molecule has 2 amide bonds. The van der Waals surface area contributed by atoms with E-state index in [9.17, 15) is 9.59 Å². The first kappa shape index (κ1) is 28.9. The average molecular weight is 560 g/mol. The minimum absolute atomic E-state index is 0.0305. The van der Waals surface area contributed by atoms with Crippen LogP contribution in [0.15, 0.2) is 53.4 Å². The van der Waals surface area contributed by atoms with Crippen LogP contribution >= 0.6 is 11.8 Å². The average Bonchev–Trinajstić information content (AvgIpc) is 2.93. The van der Waals surface area contributed by atoms with Crippen molar-refractivity contribution < 1.29 is 9.59 Å². The van der Waals surface area contributed by atoms with E-state index in [1.54, 1.807) is 11.8 Å². The second-order valence-corrected chi connectivity index (χ2v) is 13.7. The Labute approximate surface area is 244 Å². The van der Waals surface area contributed by atoms with Gasteiger partial charge in [0.2, 0.25) is 0 Å². The molecule has 4 atom stereocenters. The molecule has 2 saturated heterocycles. The Bertz CT molecular complexity index is 1200. The Morgan fingerprint density at radius 2 is 1.80 bits per heavy atom. The van der Waals surface area contributed by atoms with Crippen LogP contribution in [0.5, 0.6) is 0 Å². The molecule has 2 aromatic rings. The van der Waals surface area contributed by atoms with Crippen LogP contribution < -0.4 is 5.32 Å². The molecule has 214 valence electrons. The molecule has 2 heterocycles. The van der Waals surface area contributed by atoms with E-state index in [0.717, 1.165) is 48.1 Å². The van der Waals surface area contributed by atoms with Gasteiger partial charge in [-0.1, -0.05) is 68.7 Å². The minimum atomic E-state index is -0.0305. The molecule has 0 bridgehead atoms. The van der Waals surface area contributed by atoms with Gasteiger partial charge in [0.25, 0.3) is 11.8 Å². The maximum atomic E-state index is 13.7. The molecule has 0 aromatic heterocycles. The van der Waals surface area contributed by atoms with Crippen molar-refractivity contribution in [3.05, 3.63) is 75.7 Å². The Hall–Kier alpha value is -2.57. The molecule has 2 aliphatic heterocycles. The molecule has 2 aromatic carbocycles. The zero-order valence-electron chi connectivity index (χ0n) is 24.4. The van der Waals surface area contributed by atoms with Crippen LogP contribution in [-0.4, -0.2) is 59.1 Å². The van der Waals surface area contributed by atoms with Gasteiger partial charge in [-0.05, 0) is 80.3 Å². The van der Waals surface area contributed by atoms with Crippen molar-refractivity contribution in [3.8, 4) is 0 Å². The van der Waals surface area contributed by atoms with Crippen LogP contribution in [0.25, 0.3) is 6.08 Å². The summed E-state index contributed by atoms with van der Waals surface area (Å²) < 4.78 is 0. The van der Waals surface area contributed by atoms with Gasteiger partial charge in [-0.3, -0.25) is 9.59 Å². The summed E-state index contributed by atoms with van der Waals surface area (Å²) in [5.41, 5.74) is 4.05. The fourth-order valence-corrected chi connectivity index (χ4v) is 8.31. The number of benzene rings is 2. The number of nitrogens with zero attached hydrogens (tertiary/aromatic N) is 2. The smallest absolute Gasteiger partial charge is 0.260 e.